The number of halogens is 1. The summed E-state index contributed by atoms with van der Waals surface area (Å²) in [5.74, 6) is 0. The Labute approximate surface area is 155 Å². The molecule has 0 aromatic rings. The predicted molar refractivity (Wildman–Crippen MR) is 92.1 cm³/mol. The molecule has 0 N–H and O–H groups in total. The minimum absolute atomic E-state index is 0. The second kappa shape index (κ2) is 9.29. The van der Waals surface area contributed by atoms with Crippen LogP contribution in [0.25, 0.3) is 0 Å². The van der Waals surface area contributed by atoms with Gasteiger partial charge in [0.2, 0.25) is 0 Å². The Morgan fingerprint density at radius 1 is 1.00 bits per heavy atom. The van der Waals surface area contributed by atoms with Gasteiger partial charge in [-0.05, 0) is 31.1 Å². The van der Waals surface area contributed by atoms with E-state index in [9.17, 15) is 0 Å². The Bertz CT molecular complexity index is 396. The summed E-state index contributed by atoms with van der Waals surface area (Å²) in [4.78, 5) is 2.64. The Kier molecular flexibility index (Phi) is 8.44. The number of hydrogen-bond acceptors (Lipinski definition) is 1. The summed E-state index contributed by atoms with van der Waals surface area (Å²) in [6.45, 7) is 14.5. The van der Waals surface area contributed by atoms with Crippen molar-refractivity contribution in [2.24, 2.45) is 5.41 Å². The monoisotopic (exact) mass is 418 g/mol. The first kappa shape index (κ1) is 20.0. The molecule has 0 bridgehead atoms. The summed E-state index contributed by atoms with van der Waals surface area (Å²) in [7, 11) is 0. The van der Waals surface area contributed by atoms with Crippen LogP contribution in [0.15, 0.2) is 11.8 Å². The lowest BCUT2D eigenvalue weighted by Gasteiger charge is -2.36. The molecule has 1 aliphatic heterocycles. The molecule has 2 nitrogen and oxygen atoms in total. The van der Waals surface area contributed by atoms with Gasteiger partial charge in [0.15, 0.2) is 5.71 Å². The van der Waals surface area contributed by atoms with E-state index < -0.39 is 0 Å². The molecule has 1 fully saturated rings. The van der Waals surface area contributed by atoms with E-state index in [1.807, 2.05) is 0 Å². The maximum Gasteiger partial charge on any atom is 0.178 e. The molecule has 0 aromatic heterocycles. The van der Waals surface area contributed by atoms with Crippen LogP contribution in [0.2, 0.25) is 0 Å². The van der Waals surface area contributed by atoms with Crippen LogP contribution in [0, 0.1) is 5.41 Å². The first-order valence-corrected chi connectivity index (χ1v) is 9.12. The fourth-order valence-electron chi connectivity index (χ4n) is 3.86. The third-order valence-corrected chi connectivity index (χ3v) is 4.81. The van der Waals surface area contributed by atoms with E-state index in [-0.39, 0.29) is 24.0 Å². The average molecular weight is 418 g/mol. The molecule has 0 saturated carbocycles. The highest BCUT2D eigenvalue weighted by Gasteiger charge is 2.33. The summed E-state index contributed by atoms with van der Waals surface area (Å²) in [6, 6.07) is 0. The van der Waals surface area contributed by atoms with Crippen LogP contribution >= 0.6 is 0 Å². The Morgan fingerprint density at radius 3 is 2.14 bits per heavy atom. The van der Waals surface area contributed by atoms with Crippen LogP contribution in [0.1, 0.15) is 72.6 Å². The fraction of sp³-hybridized carbons (Fsp3) is 0.842. The second-order valence-corrected chi connectivity index (χ2v) is 7.68. The van der Waals surface area contributed by atoms with Gasteiger partial charge in [0.25, 0.3) is 0 Å². The second-order valence-electron chi connectivity index (χ2n) is 7.68. The molecule has 0 radical (unpaired) electrons. The first-order valence-electron chi connectivity index (χ1n) is 9.12. The average Bonchev–Trinajstić information content (AvgIpc) is 2.46. The molecule has 2 rings (SSSR count). The largest absolute Gasteiger partial charge is 1.00 e. The van der Waals surface area contributed by atoms with Gasteiger partial charge in [-0.15, -0.1) is 0 Å². The minimum atomic E-state index is 0. The Hall–Kier alpha value is -0.0600. The van der Waals surface area contributed by atoms with Crippen LogP contribution in [-0.2, 0) is 0 Å². The van der Waals surface area contributed by atoms with Gasteiger partial charge in [0.1, 0.15) is 13.1 Å². The molecular weight excluding hydrogens is 383 g/mol. The standard InChI is InChI=1S/C19H35N2.HI/c1-5-10-20(11-6-2)17-14-18(16-19(3,4)15-17)21-12-8-7-9-13-21;/h14H,5-13,15-16H2,1-4H3;1H/q+1;/p-1. The van der Waals surface area contributed by atoms with Gasteiger partial charge in [0, 0.05) is 44.1 Å². The molecule has 128 valence electrons. The SMILES string of the molecule is CCCN(CCC)C1=CC(=[N+]2CCCCC2)CC(C)(C)C1.[I-]. The predicted octanol–water partition coefficient (Wildman–Crippen LogP) is 1.45. The zero-order valence-corrected chi connectivity index (χ0v) is 17.3. The first-order chi connectivity index (χ1) is 10.1. The van der Waals surface area contributed by atoms with Crippen LogP contribution < -0.4 is 24.0 Å². The molecule has 1 heterocycles. The summed E-state index contributed by atoms with van der Waals surface area (Å²) in [5, 5.41) is 0. The highest BCUT2D eigenvalue weighted by Crippen LogP contribution is 2.35. The highest BCUT2D eigenvalue weighted by molar-refractivity contribution is 5.92. The molecule has 22 heavy (non-hydrogen) atoms. The summed E-state index contributed by atoms with van der Waals surface area (Å²) in [6.07, 6.45) is 11.7. The number of nitrogens with zero attached hydrogens (tertiary/aromatic N) is 2. The van der Waals surface area contributed by atoms with Gasteiger partial charge in [0.05, 0.1) is 0 Å². The van der Waals surface area contributed by atoms with Gasteiger partial charge < -0.3 is 28.9 Å². The third-order valence-electron chi connectivity index (χ3n) is 4.81. The molecule has 3 heteroatoms. The molecule has 0 atom stereocenters. The van der Waals surface area contributed by atoms with E-state index in [4.69, 9.17) is 0 Å². The Balaban J connectivity index is 0.00000242. The molecule has 1 saturated heterocycles. The molecular formula is C19H35IN2. The quantitative estimate of drug-likeness (QED) is 0.484. The maximum atomic E-state index is 2.67. The molecule has 2 aliphatic rings. The van der Waals surface area contributed by atoms with Crippen LogP contribution in [0.3, 0.4) is 0 Å². The van der Waals surface area contributed by atoms with E-state index in [0.29, 0.717) is 5.41 Å². The van der Waals surface area contributed by atoms with Crippen molar-refractivity contribution < 1.29 is 28.6 Å². The molecule has 0 aromatic carbocycles. The smallest absolute Gasteiger partial charge is 0.178 e. The normalized spacial score (nSPS) is 21.2. The number of hydrogen-bond donors (Lipinski definition) is 0. The van der Waals surface area contributed by atoms with Crippen LogP contribution in [0.5, 0.6) is 0 Å². The van der Waals surface area contributed by atoms with Crippen molar-refractivity contribution in [1.29, 1.82) is 0 Å². The van der Waals surface area contributed by atoms with E-state index in [2.05, 4.69) is 43.2 Å². The number of piperidine rings is 1. The topological polar surface area (TPSA) is 6.25 Å². The Morgan fingerprint density at radius 2 is 1.59 bits per heavy atom. The number of rotatable bonds is 5. The molecule has 0 amide bonds. The van der Waals surface area contributed by atoms with Crippen molar-refractivity contribution in [2.75, 3.05) is 26.2 Å². The van der Waals surface area contributed by atoms with Crippen molar-refractivity contribution in [2.45, 2.75) is 72.6 Å². The van der Waals surface area contributed by atoms with Gasteiger partial charge >= 0.3 is 0 Å². The molecule has 1 aliphatic carbocycles. The van der Waals surface area contributed by atoms with Crippen molar-refractivity contribution in [3.05, 3.63) is 11.8 Å². The summed E-state index contributed by atoms with van der Waals surface area (Å²) in [5.41, 5.74) is 3.62. The lowest BCUT2D eigenvalue weighted by Crippen LogP contribution is -3.00. The maximum absolute atomic E-state index is 2.67. The van der Waals surface area contributed by atoms with Crippen molar-refractivity contribution >= 4 is 5.71 Å². The van der Waals surface area contributed by atoms with Crippen LogP contribution in [-0.4, -0.2) is 41.4 Å². The van der Waals surface area contributed by atoms with Gasteiger partial charge in [-0.2, -0.15) is 0 Å². The zero-order chi connectivity index (χ0) is 15.3. The zero-order valence-electron chi connectivity index (χ0n) is 15.1. The van der Waals surface area contributed by atoms with Crippen molar-refractivity contribution in [3.63, 3.8) is 0 Å². The van der Waals surface area contributed by atoms with Crippen LogP contribution in [0.4, 0.5) is 0 Å². The lowest BCUT2D eigenvalue weighted by molar-refractivity contribution is -0.538. The van der Waals surface area contributed by atoms with Crippen molar-refractivity contribution in [3.8, 4) is 0 Å². The van der Waals surface area contributed by atoms with Gasteiger partial charge in [-0.1, -0.05) is 27.7 Å². The fourth-order valence-corrected chi connectivity index (χ4v) is 3.86. The minimum Gasteiger partial charge on any atom is -1.00 e. The van der Waals surface area contributed by atoms with E-state index in [0.717, 1.165) is 0 Å². The van der Waals surface area contributed by atoms with Gasteiger partial charge in [-0.3, -0.25) is 0 Å². The van der Waals surface area contributed by atoms with E-state index >= 15 is 0 Å². The number of allylic oxidation sites excluding steroid dienone is 2. The van der Waals surface area contributed by atoms with Gasteiger partial charge in [-0.25, -0.2) is 4.58 Å². The molecule has 0 spiro atoms. The third kappa shape index (κ3) is 5.54. The summed E-state index contributed by atoms with van der Waals surface area (Å²) >= 11 is 0. The van der Waals surface area contributed by atoms with E-state index in [1.54, 1.807) is 11.4 Å². The van der Waals surface area contributed by atoms with Crippen molar-refractivity contribution in [1.82, 2.24) is 4.90 Å². The lowest BCUT2D eigenvalue weighted by atomic mass is 9.77. The van der Waals surface area contributed by atoms with E-state index in [1.165, 1.54) is 71.1 Å². The summed E-state index contributed by atoms with van der Waals surface area (Å²) < 4.78 is 2.67. The molecule has 0 unspecified atom stereocenters. The highest BCUT2D eigenvalue weighted by atomic mass is 127.